The molecule has 3 aromatic rings. The number of hydrogen-bond acceptors (Lipinski definition) is 8. The highest BCUT2D eigenvalue weighted by atomic mass is 127. The van der Waals surface area contributed by atoms with E-state index in [2.05, 4.69) is 5.32 Å². The van der Waals surface area contributed by atoms with Gasteiger partial charge in [0, 0.05) is 5.69 Å². The van der Waals surface area contributed by atoms with Crippen molar-refractivity contribution in [3.05, 3.63) is 86.8 Å². The Bertz CT molecular complexity index is 1510. The molecule has 1 heterocycles. The summed E-state index contributed by atoms with van der Waals surface area (Å²) in [5.74, 6) is -0.942. The van der Waals surface area contributed by atoms with Gasteiger partial charge in [0.2, 0.25) is 5.91 Å². The Hall–Kier alpha value is -3.36. The second-order valence-corrected chi connectivity index (χ2v) is 11.5. The number of benzene rings is 3. The van der Waals surface area contributed by atoms with E-state index in [4.69, 9.17) is 8.92 Å². The van der Waals surface area contributed by atoms with Gasteiger partial charge in [-0.2, -0.15) is 8.42 Å². The zero-order chi connectivity index (χ0) is 27.3. The molecule has 1 saturated heterocycles. The monoisotopic (exact) mass is 664 g/mol. The number of amides is 3. The number of nitrogens with one attached hydrogen (secondary N) is 1. The summed E-state index contributed by atoms with van der Waals surface area (Å²) in [4.78, 5) is 38.8. The average molecular weight is 664 g/mol. The van der Waals surface area contributed by atoms with Crippen molar-refractivity contribution in [2.45, 2.75) is 11.8 Å². The van der Waals surface area contributed by atoms with Crippen LogP contribution in [0.4, 0.5) is 10.5 Å². The standard InChI is InChI=1S/C26H21IN2O7S2/c1-2-35-21-14-17(13-20(27)24(21)36-38(33,34)19-11-7-4-8-12-19)15-22-25(31)29(26(32)37-22)16-23(30)28-18-9-5-3-6-10-18/h3-15H,2,16H2,1H3,(H,28,30)/b22-15-. The molecule has 0 bridgehead atoms. The number of imide groups is 1. The summed E-state index contributed by atoms with van der Waals surface area (Å²) in [7, 11) is -4.12. The minimum atomic E-state index is -4.12. The number of anilines is 1. The summed E-state index contributed by atoms with van der Waals surface area (Å²) >= 11 is 2.63. The number of carbonyl (C=O) groups excluding carboxylic acids is 3. The van der Waals surface area contributed by atoms with Crippen molar-refractivity contribution < 1.29 is 31.7 Å². The maximum atomic E-state index is 12.9. The number of hydrogen-bond donors (Lipinski definition) is 1. The van der Waals surface area contributed by atoms with Gasteiger partial charge in [0.1, 0.15) is 11.4 Å². The third-order valence-electron chi connectivity index (χ3n) is 5.09. The van der Waals surface area contributed by atoms with Gasteiger partial charge in [-0.3, -0.25) is 19.3 Å². The van der Waals surface area contributed by atoms with E-state index in [1.54, 1.807) is 61.5 Å². The number of nitrogens with zero attached hydrogens (tertiary/aromatic N) is 1. The van der Waals surface area contributed by atoms with Gasteiger partial charge in [0.05, 0.1) is 15.1 Å². The van der Waals surface area contributed by atoms with Crippen LogP contribution in [0.2, 0.25) is 0 Å². The smallest absolute Gasteiger partial charge is 0.339 e. The van der Waals surface area contributed by atoms with E-state index in [-0.39, 0.29) is 27.9 Å². The number of thioether (sulfide) groups is 1. The minimum Gasteiger partial charge on any atom is -0.490 e. The molecule has 9 nitrogen and oxygen atoms in total. The molecule has 1 fully saturated rings. The summed E-state index contributed by atoms with van der Waals surface area (Å²) < 4.78 is 37.0. The second-order valence-electron chi connectivity index (χ2n) is 7.80. The molecule has 1 N–H and O–H groups in total. The molecule has 12 heteroatoms. The Balaban J connectivity index is 1.55. The third kappa shape index (κ3) is 6.55. The van der Waals surface area contributed by atoms with E-state index in [0.29, 0.717) is 26.6 Å². The molecule has 0 unspecified atom stereocenters. The Morgan fingerprint density at radius 2 is 1.71 bits per heavy atom. The molecule has 0 aromatic heterocycles. The second kappa shape index (κ2) is 12.0. The number of ether oxygens (including phenoxy) is 1. The van der Waals surface area contributed by atoms with Crippen LogP contribution in [0, 0.1) is 3.57 Å². The minimum absolute atomic E-state index is 0.00713. The summed E-state index contributed by atoms with van der Waals surface area (Å²) in [5.41, 5.74) is 1.04. The van der Waals surface area contributed by atoms with Crippen molar-refractivity contribution in [3.63, 3.8) is 0 Å². The molecule has 0 atom stereocenters. The van der Waals surface area contributed by atoms with E-state index >= 15 is 0 Å². The molecule has 0 aliphatic carbocycles. The molecule has 1 aliphatic rings. The Morgan fingerprint density at radius 1 is 1.05 bits per heavy atom. The molecule has 0 spiro atoms. The molecule has 1 aliphatic heterocycles. The third-order valence-corrected chi connectivity index (χ3v) is 8.03. The lowest BCUT2D eigenvalue weighted by molar-refractivity contribution is -0.127. The van der Waals surface area contributed by atoms with Crippen LogP contribution in [0.5, 0.6) is 11.5 Å². The summed E-state index contributed by atoms with van der Waals surface area (Å²) in [6.45, 7) is 1.54. The quantitative estimate of drug-likeness (QED) is 0.190. The van der Waals surface area contributed by atoms with Crippen molar-refractivity contribution in [3.8, 4) is 11.5 Å². The van der Waals surface area contributed by atoms with Crippen LogP contribution in [-0.4, -0.2) is 43.5 Å². The topological polar surface area (TPSA) is 119 Å². The fourth-order valence-electron chi connectivity index (χ4n) is 3.41. The van der Waals surface area contributed by atoms with Crippen molar-refractivity contribution in [1.82, 2.24) is 4.90 Å². The highest BCUT2D eigenvalue weighted by Gasteiger charge is 2.36. The number of halogens is 1. The maximum absolute atomic E-state index is 12.9. The van der Waals surface area contributed by atoms with Gasteiger partial charge in [-0.05, 0) is 89.3 Å². The van der Waals surface area contributed by atoms with E-state index < -0.39 is 33.7 Å². The van der Waals surface area contributed by atoms with E-state index in [1.807, 2.05) is 22.6 Å². The lowest BCUT2D eigenvalue weighted by atomic mass is 10.2. The lowest BCUT2D eigenvalue weighted by Crippen LogP contribution is -2.36. The summed E-state index contributed by atoms with van der Waals surface area (Å²) in [6, 6.07) is 19.6. The van der Waals surface area contributed by atoms with Crippen LogP contribution in [-0.2, 0) is 19.7 Å². The molecule has 196 valence electrons. The van der Waals surface area contributed by atoms with Crippen molar-refractivity contribution in [1.29, 1.82) is 0 Å². The average Bonchev–Trinajstić information content (AvgIpc) is 3.14. The first-order valence-electron chi connectivity index (χ1n) is 11.2. The first-order valence-corrected chi connectivity index (χ1v) is 14.5. The number of rotatable bonds is 9. The molecule has 38 heavy (non-hydrogen) atoms. The Labute approximate surface area is 237 Å². The van der Waals surface area contributed by atoms with E-state index in [9.17, 15) is 22.8 Å². The van der Waals surface area contributed by atoms with Gasteiger partial charge in [-0.1, -0.05) is 36.4 Å². The highest BCUT2D eigenvalue weighted by Crippen LogP contribution is 2.38. The lowest BCUT2D eigenvalue weighted by Gasteiger charge is -2.15. The molecule has 0 radical (unpaired) electrons. The van der Waals surface area contributed by atoms with Crippen molar-refractivity contribution in [2.75, 3.05) is 18.5 Å². The van der Waals surface area contributed by atoms with Crippen LogP contribution in [0.15, 0.2) is 82.6 Å². The summed E-state index contributed by atoms with van der Waals surface area (Å²) in [6.07, 6.45) is 1.49. The predicted octanol–water partition coefficient (Wildman–Crippen LogP) is 5.13. The van der Waals surface area contributed by atoms with Gasteiger partial charge < -0.3 is 14.2 Å². The number of carbonyl (C=O) groups is 3. The Kier molecular flexibility index (Phi) is 8.74. The first-order chi connectivity index (χ1) is 18.2. The van der Waals surface area contributed by atoms with Gasteiger partial charge in [-0.25, -0.2) is 0 Å². The van der Waals surface area contributed by atoms with Gasteiger partial charge in [0.15, 0.2) is 11.5 Å². The van der Waals surface area contributed by atoms with Crippen molar-refractivity contribution in [2.24, 2.45) is 0 Å². The van der Waals surface area contributed by atoms with Gasteiger partial charge >= 0.3 is 10.1 Å². The van der Waals surface area contributed by atoms with Crippen LogP contribution in [0.3, 0.4) is 0 Å². The number of para-hydroxylation sites is 1. The molecular formula is C26H21IN2O7S2. The van der Waals surface area contributed by atoms with Crippen LogP contribution in [0.1, 0.15) is 12.5 Å². The van der Waals surface area contributed by atoms with Crippen LogP contribution in [0.25, 0.3) is 6.08 Å². The molecule has 0 saturated carbocycles. The molecular weight excluding hydrogens is 643 g/mol. The summed E-state index contributed by atoms with van der Waals surface area (Å²) in [5, 5.41) is 2.07. The normalized spacial score (nSPS) is 14.6. The highest BCUT2D eigenvalue weighted by molar-refractivity contribution is 14.1. The van der Waals surface area contributed by atoms with Crippen LogP contribution >= 0.6 is 34.4 Å². The van der Waals surface area contributed by atoms with Gasteiger partial charge in [0.25, 0.3) is 11.1 Å². The zero-order valence-corrected chi connectivity index (χ0v) is 23.7. The molecule has 3 amide bonds. The van der Waals surface area contributed by atoms with Gasteiger partial charge in [-0.15, -0.1) is 0 Å². The zero-order valence-electron chi connectivity index (χ0n) is 19.9. The fraction of sp³-hybridized carbons (Fsp3) is 0.115. The first kappa shape index (κ1) is 27.7. The SMILES string of the molecule is CCOc1cc(/C=C2\SC(=O)N(CC(=O)Nc3ccccc3)C2=O)cc(I)c1OS(=O)(=O)c1ccccc1. The van der Waals surface area contributed by atoms with E-state index in [1.165, 1.54) is 24.3 Å². The van der Waals surface area contributed by atoms with Crippen molar-refractivity contribution >= 4 is 73.3 Å². The predicted molar refractivity (Wildman–Crippen MR) is 152 cm³/mol. The van der Waals surface area contributed by atoms with Crippen LogP contribution < -0.4 is 14.2 Å². The molecule has 3 aromatic carbocycles. The Morgan fingerprint density at radius 3 is 2.37 bits per heavy atom. The largest absolute Gasteiger partial charge is 0.490 e. The molecule has 4 rings (SSSR count). The maximum Gasteiger partial charge on any atom is 0.339 e. The fourth-order valence-corrected chi connectivity index (χ4v) is 6.11. The van der Waals surface area contributed by atoms with E-state index in [0.717, 1.165) is 4.90 Å².